The van der Waals surface area contributed by atoms with Crippen molar-refractivity contribution in [1.29, 1.82) is 0 Å². The van der Waals surface area contributed by atoms with Gasteiger partial charge in [0.1, 0.15) is 6.10 Å². The van der Waals surface area contributed by atoms with Crippen LogP contribution in [0.15, 0.2) is 71.6 Å². The van der Waals surface area contributed by atoms with Crippen molar-refractivity contribution in [2.45, 2.75) is 50.7 Å². The number of benzene rings is 3. The molecule has 0 spiro atoms. The van der Waals surface area contributed by atoms with Crippen LogP contribution in [0.4, 0.5) is 0 Å². The number of amides is 3. The number of rotatable bonds is 15. The van der Waals surface area contributed by atoms with Gasteiger partial charge < -0.3 is 15.3 Å². The van der Waals surface area contributed by atoms with Crippen LogP contribution in [0.1, 0.15) is 37.8 Å². The van der Waals surface area contributed by atoms with E-state index in [4.69, 9.17) is 23.2 Å². The van der Waals surface area contributed by atoms with Gasteiger partial charge in [-0.3, -0.25) is 14.4 Å². The van der Waals surface area contributed by atoms with E-state index in [2.05, 4.69) is 17.9 Å². The third kappa shape index (κ3) is 10.5. The molecule has 13 heteroatoms. The van der Waals surface area contributed by atoms with Gasteiger partial charge in [-0.25, -0.2) is 13.1 Å². The van der Waals surface area contributed by atoms with Gasteiger partial charge in [0.25, 0.3) is 15.9 Å². The average molecular weight is 695 g/mol. The molecule has 0 aromatic heterocycles. The highest BCUT2D eigenvalue weighted by Crippen LogP contribution is 2.33. The van der Waals surface area contributed by atoms with Crippen LogP contribution in [0.25, 0.3) is 11.1 Å². The number of hydrogen-bond donors (Lipinski definition) is 4. The smallest absolute Gasteiger partial charge is 0.264 e. The van der Waals surface area contributed by atoms with Gasteiger partial charge in [0, 0.05) is 53.0 Å². The molecule has 3 amide bonds. The molecule has 3 N–H and O–H groups in total. The van der Waals surface area contributed by atoms with E-state index in [9.17, 15) is 27.9 Å². The van der Waals surface area contributed by atoms with Crippen molar-refractivity contribution in [3.8, 4) is 11.1 Å². The molecule has 3 aromatic rings. The van der Waals surface area contributed by atoms with E-state index >= 15 is 0 Å². The third-order valence-electron chi connectivity index (χ3n) is 6.95. The standard InChI is InChI=1S/C32H37Cl2N3O6S2/c1-3-7-30(39)37(15-14-35-32(41)24(20-44)16-22-8-6-9-25(33)17-22)19-23-12-13-26(28(34)18-23)27-10-4-5-11-29(27)45(42,43)36-31(40)21(2)38/h4-6,8-13,17-18,21,24,38,44H,3,7,14-16,19-20H2,1-2H3,(H,35,41)(H,36,40)/t21-,24+/m0/s1. The summed E-state index contributed by atoms with van der Waals surface area (Å²) in [5.74, 6) is -1.33. The summed E-state index contributed by atoms with van der Waals surface area (Å²) in [5, 5.41) is 13.2. The highest BCUT2D eigenvalue weighted by atomic mass is 35.5. The lowest BCUT2D eigenvalue weighted by Gasteiger charge is -2.24. The van der Waals surface area contributed by atoms with Gasteiger partial charge >= 0.3 is 0 Å². The van der Waals surface area contributed by atoms with E-state index in [1.807, 2.05) is 29.8 Å². The molecule has 0 fully saturated rings. The molecule has 3 rings (SSSR count). The van der Waals surface area contributed by atoms with Crippen LogP contribution < -0.4 is 10.0 Å². The topological polar surface area (TPSA) is 133 Å². The summed E-state index contributed by atoms with van der Waals surface area (Å²) >= 11 is 17.1. The molecule has 0 saturated carbocycles. The Morgan fingerprint density at radius 2 is 1.69 bits per heavy atom. The minimum Gasteiger partial charge on any atom is -0.384 e. The molecule has 0 unspecified atom stereocenters. The number of hydrogen-bond acceptors (Lipinski definition) is 7. The van der Waals surface area contributed by atoms with Gasteiger partial charge in [-0.15, -0.1) is 0 Å². The number of carbonyl (C=O) groups is 3. The molecule has 0 aliphatic rings. The monoisotopic (exact) mass is 693 g/mol. The fourth-order valence-corrected chi connectivity index (χ4v) is 6.69. The van der Waals surface area contributed by atoms with Gasteiger partial charge in [-0.1, -0.05) is 72.6 Å². The van der Waals surface area contributed by atoms with E-state index in [0.717, 1.165) is 12.5 Å². The Balaban J connectivity index is 1.74. The fourth-order valence-electron chi connectivity index (χ4n) is 4.60. The van der Waals surface area contributed by atoms with Crippen molar-refractivity contribution >= 4 is 63.6 Å². The second-order valence-corrected chi connectivity index (χ2v) is 13.4. The molecule has 0 radical (unpaired) electrons. The van der Waals surface area contributed by atoms with Crippen molar-refractivity contribution in [2.24, 2.45) is 5.92 Å². The predicted octanol–water partition coefficient (Wildman–Crippen LogP) is 4.88. The number of aliphatic hydroxyl groups excluding tert-OH is 1. The van der Waals surface area contributed by atoms with Crippen molar-refractivity contribution < 1.29 is 27.9 Å². The normalized spacial score (nSPS) is 12.7. The first-order valence-corrected chi connectivity index (χ1v) is 17.3. The van der Waals surface area contributed by atoms with E-state index in [-0.39, 0.29) is 52.8 Å². The maximum Gasteiger partial charge on any atom is 0.264 e. The van der Waals surface area contributed by atoms with Crippen LogP contribution in [0.5, 0.6) is 0 Å². The maximum atomic E-state index is 13.0. The van der Waals surface area contributed by atoms with E-state index < -0.39 is 22.0 Å². The minimum atomic E-state index is -4.31. The van der Waals surface area contributed by atoms with Crippen LogP contribution in [0.2, 0.25) is 10.0 Å². The minimum absolute atomic E-state index is 0.0816. The first-order chi connectivity index (χ1) is 21.4. The summed E-state index contributed by atoms with van der Waals surface area (Å²) in [4.78, 5) is 39.3. The van der Waals surface area contributed by atoms with E-state index in [0.29, 0.717) is 41.2 Å². The van der Waals surface area contributed by atoms with Crippen LogP contribution in [-0.2, 0) is 37.4 Å². The second-order valence-electron chi connectivity index (χ2n) is 10.5. The van der Waals surface area contributed by atoms with Crippen LogP contribution in [0, 0.1) is 5.92 Å². The van der Waals surface area contributed by atoms with E-state index in [1.165, 1.54) is 12.1 Å². The SMILES string of the molecule is CCCC(=O)N(CCNC(=O)[C@@H](CS)Cc1cccc(Cl)c1)Cc1ccc(-c2ccccc2S(=O)(=O)NC(=O)[C@H](C)O)c(Cl)c1. The Hall–Kier alpha value is -3.09. The van der Waals surface area contributed by atoms with Gasteiger partial charge in [0.2, 0.25) is 11.8 Å². The predicted molar refractivity (Wildman–Crippen MR) is 180 cm³/mol. The zero-order chi connectivity index (χ0) is 33.1. The Bertz CT molecular complexity index is 1620. The number of carbonyl (C=O) groups excluding carboxylic acids is 3. The Morgan fingerprint density at radius 1 is 0.956 bits per heavy atom. The summed E-state index contributed by atoms with van der Waals surface area (Å²) in [5.41, 5.74) is 2.30. The first kappa shape index (κ1) is 36.4. The Morgan fingerprint density at radius 3 is 2.33 bits per heavy atom. The lowest BCUT2D eigenvalue weighted by atomic mass is 10.0. The largest absolute Gasteiger partial charge is 0.384 e. The Labute approximate surface area is 279 Å². The average Bonchev–Trinajstić information content (AvgIpc) is 2.99. The number of aliphatic hydroxyl groups is 1. The zero-order valence-corrected chi connectivity index (χ0v) is 28.2. The third-order valence-corrected chi connectivity index (χ3v) is 9.34. The van der Waals surface area contributed by atoms with Crippen LogP contribution >= 0.6 is 35.8 Å². The summed E-state index contributed by atoms with van der Waals surface area (Å²) in [7, 11) is -4.31. The van der Waals surface area contributed by atoms with Crippen LogP contribution in [0.3, 0.4) is 0 Å². The second kappa shape index (κ2) is 17.0. The molecular weight excluding hydrogens is 657 g/mol. The van der Waals surface area contributed by atoms with Crippen molar-refractivity contribution in [3.63, 3.8) is 0 Å². The molecule has 9 nitrogen and oxygen atoms in total. The van der Waals surface area contributed by atoms with Gasteiger partial charge in [-0.05, 0) is 55.2 Å². The summed E-state index contributed by atoms with van der Waals surface area (Å²) in [6, 6.07) is 18.4. The Kier molecular flexibility index (Phi) is 13.7. The van der Waals surface area contributed by atoms with Gasteiger partial charge in [-0.2, -0.15) is 12.6 Å². The lowest BCUT2D eigenvalue weighted by Crippen LogP contribution is -2.40. The van der Waals surface area contributed by atoms with Gasteiger partial charge in [0.15, 0.2) is 0 Å². The first-order valence-electron chi connectivity index (χ1n) is 14.4. The molecular formula is C32H37Cl2N3O6S2. The van der Waals surface area contributed by atoms with Crippen molar-refractivity contribution in [1.82, 2.24) is 14.9 Å². The highest BCUT2D eigenvalue weighted by molar-refractivity contribution is 7.90. The molecule has 0 aliphatic carbocycles. The molecule has 2 atom stereocenters. The van der Waals surface area contributed by atoms with Crippen LogP contribution in [-0.4, -0.2) is 61.1 Å². The lowest BCUT2D eigenvalue weighted by molar-refractivity contribution is -0.132. The summed E-state index contributed by atoms with van der Waals surface area (Å²) < 4.78 is 27.8. The number of sulfonamides is 1. The molecule has 0 saturated heterocycles. The zero-order valence-electron chi connectivity index (χ0n) is 25.0. The molecule has 0 aliphatic heterocycles. The molecule has 0 bridgehead atoms. The summed E-state index contributed by atoms with van der Waals surface area (Å²) in [6.45, 7) is 3.80. The number of nitrogens with zero attached hydrogens (tertiary/aromatic N) is 1. The summed E-state index contributed by atoms with van der Waals surface area (Å²) in [6.07, 6.45) is -0.0484. The molecule has 3 aromatic carbocycles. The number of halogens is 2. The quantitative estimate of drug-likeness (QED) is 0.168. The molecule has 45 heavy (non-hydrogen) atoms. The number of nitrogens with one attached hydrogen (secondary N) is 2. The highest BCUT2D eigenvalue weighted by Gasteiger charge is 2.25. The van der Waals surface area contributed by atoms with Crippen molar-refractivity contribution in [2.75, 3.05) is 18.8 Å². The maximum absolute atomic E-state index is 13.0. The molecule has 242 valence electrons. The fraction of sp³-hybridized carbons (Fsp3) is 0.344. The van der Waals surface area contributed by atoms with E-state index in [1.54, 1.807) is 41.3 Å². The number of thiol groups is 1. The van der Waals surface area contributed by atoms with Gasteiger partial charge in [0.05, 0.1) is 10.8 Å². The molecule has 0 heterocycles. The van der Waals surface area contributed by atoms with Crippen molar-refractivity contribution in [3.05, 3.63) is 87.9 Å².